The van der Waals surface area contributed by atoms with Crippen molar-refractivity contribution in [2.24, 2.45) is 0 Å². The molecule has 19 heavy (non-hydrogen) atoms. The van der Waals surface area contributed by atoms with Crippen molar-refractivity contribution in [3.8, 4) is 0 Å². The van der Waals surface area contributed by atoms with Crippen LogP contribution in [-0.4, -0.2) is 40.9 Å². The summed E-state index contributed by atoms with van der Waals surface area (Å²) in [6.45, 7) is 6.02. The molecule has 0 amide bonds. The summed E-state index contributed by atoms with van der Waals surface area (Å²) >= 11 is 1.81. The fraction of sp³-hybridized carbons (Fsp3) is 0.533. The average molecular weight is 279 g/mol. The Bertz CT molecular complexity index is 461. The highest BCUT2D eigenvalue weighted by Gasteiger charge is 2.29. The number of thioether (sulfide) groups is 1. The Morgan fingerprint density at radius 1 is 1.42 bits per heavy atom. The number of aliphatic carboxylic acids is 1. The van der Waals surface area contributed by atoms with E-state index in [1.165, 1.54) is 16.0 Å². The van der Waals surface area contributed by atoms with Crippen LogP contribution >= 0.6 is 11.8 Å². The van der Waals surface area contributed by atoms with Crippen LogP contribution in [0.2, 0.25) is 0 Å². The molecule has 0 aliphatic carbocycles. The van der Waals surface area contributed by atoms with Gasteiger partial charge in [-0.05, 0) is 56.5 Å². The first-order valence-electron chi connectivity index (χ1n) is 6.75. The Kier molecular flexibility index (Phi) is 4.88. The number of likely N-dealkylation sites (tertiary alicyclic amines) is 1. The van der Waals surface area contributed by atoms with E-state index in [-0.39, 0.29) is 6.04 Å². The number of aryl methyl sites for hydroxylation is 2. The summed E-state index contributed by atoms with van der Waals surface area (Å²) in [7, 11) is 0. The Balaban J connectivity index is 1.83. The van der Waals surface area contributed by atoms with Gasteiger partial charge in [0.25, 0.3) is 0 Å². The molecule has 0 saturated carbocycles. The molecule has 1 aliphatic heterocycles. The van der Waals surface area contributed by atoms with Crippen LogP contribution in [0.3, 0.4) is 0 Å². The largest absolute Gasteiger partial charge is 0.480 e. The van der Waals surface area contributed by atoms with E-state index in [0.29, 0.717) is 0 Å². The lowest BCUT2D eigenvalue weighted by molar-refractivity contribution is -0.142. The van der Waals surface area contributed by atoms with Gasteiger partial charge in [-0.1, -0.05) is 6.07 Å². The number of carboxylic acids is 1. The van der Waals surface area contributed by atoms with E-state index in [4.69, 9.17) is 5.11 Å². The Hall–Kier alpha value is -1.00. The van der Waals surface area contributed by atoms with Crippen molar-refractivity contribution >= 4 is 17.7 Å². The van der Waals surface area contributed by atoms with Gasteiger partial charge in [-0.25, -0.2) is 0 Å². The van der Waals surface area contributed by atoms with Gasteiger partial charge in [0, 0.05) is 17.2 Å². The van der Waals surface area contributed by atoms with Crippen molar-refractivity contribution in [2.45, 2.75) is 37.6 Å². The van der Waals surface area contributed by atoms with Crippen molar-refractivity contribution in [2.75, 3.05) is 18.8 Å². The lowest BCUT2D eigenvalue weighted by atomic mass is 10.1. The molecule has 1 N–H and O–H groups in total. The summed E-state index contributed by atoms with van der Waals surface area (Å²) in [6, 6.07) is 6.23. The molecule has 1 aromatic rings. The second-order valence-electron chi connectivity index (χ2n) is 5.13. The summed E-state index contributed by atoms with van der Waals surface area (Å²) in [5.74, 6) is 0.278. The van der Waals surface area contributed by atoms with Crippen LogP contribution in [0.4, 0.5) is 0 Å². The number of nitrogens with zero attached hydrogens (tertiary/aromatic N) is 1. The predicted octanol–water partition coefficient (Wildman–Crippen LogP) is 2.94. The SMILES string of the molecule is Cc1ccc(SCCN2CCC[C@@H]2C(=O)O)cc1C. The van der Waals surface area contributed by atoms with E-state index in [1.54, 1.807) is 0 Å². The molecule has 1 fully saturated rings. The number of benzene rings is 1. The molecule has 0 unspecified atom stereocenters. The summed E-state index contributed by atoms with van der Waals surface area (Å²) in [5.41, 5.74) is 2.63. The van der Waals surface area contributed by atoms with Gasteiger partial charge in [0.2, 0.25) is 0 Å². The summed E-state index contributed by atoms with van der Waals surface area (Å²) in [5, 5.41) is 9.12. The van der Waals surface area contributed by atoms with Crippen LogP contribution < -0.4 is 0 Å². The molecular weight excluding hydrogens is 258 g/mol. The van der Waals surface area contributed by atoms with E-state index in [0.717, 1.165) is 31.7 Å². The van der Waals surface area contributed by atoms with Crippen LogP contribution in [0.5, 0.6) is 0 Å². The summed E-state index contributed by atoms with van der Waals surface area (Å²) in [6.07, 6.45) is 1.80. The number of carbonyl (C=O) groups is 1. The molecule has 0 spiro atoms. The third-order valence-corrected chi connectivity index (χ3v) is 4.75. The predicted molar refractivity (Wildman–Crippen MR) is 78.9 cm³/mol. The van der Waals surface area contributed by atoms with Crippen LogP contribution in [0.25, 0.3) is 0 Å². The molecular formula is C15H21NO2S. The molecule has 0 bridgehead atoms. The van der Waals surface area contributed by atoms with Crippen molar-refractivity contribution < 1.29 is 9.90 Å². The van der Waals surface area contributed by atoms with Crippen LogP contribution in [0.15, 0.2) is 23.1 Å². The minimum absolute atomic E-state index is 0.264. The maximum absolute atomic E-state index is 11.1. The Labute approximate surface area is 119 Å². The molecule has 0 radical (unpaired) electrons. The van der Waals surface area contributed by atoms with Gasteiger partial charge in [-0.2, -0.15) is 0 Å². The van der Waals surface area contributed by atoms with E-state index >= 15 is 0 Å². The average Bonchev–Trinajstić information content (AvgIpc) is 2.82. The molecule has 1 heterocycles. The summed E-state index contributed by atoms with van der Waals surface area (Å²) in [4.78, 5) is 14.4. The van der Waals surface area contributed by atoms with Gasteiger partial charge in [0.05, 0.1) is 0 Å². The van der Waals surface area contributed by atoms with Crippen molar-refractivity contribution in [3.05, 3.63) is 29.3 Å². The lowest BCUT2D eigenvalue weighted by Crippen LogP contribution is -2.37. The lowest BCUT2D eigenvalue weighted by Gasteiger charge is -2.20. The third kappa shape index (κ3) is 3.74. The fourth-order valence-electron chi connectivity index (χ4n) is 2.46. The zero-order valence-electron chi connectivity index (χ0n) is 11.6. The van der Waals surface area contributed by atoms with E-state index in [2.05, 4.69) is 36.9 Å². The third-order valence-electron chi connectivity index (χ3n) is 3.77. The van der Waals surface area contributed by atoms with Crippen molar-refractivity contribution in [1.29, 1.82) is 0 Å². The quantitative estimate of drug-likeness (QED) is 0.841. The molecule has 4 heteroatoms. The first-order valence-corrected chi connectivity index (χ1v) is 7.73. The van der Waals surface area contributed by atoms with Crippen LogP contribution in [0, 0.1) is 13.8 Å². The topological polar surface area (TPSA) is 40.5 Å². The van der Waals surface area contributed by atoms with Crippen molar-refractivity contribution in [1.82, 2.24) is 4.90 Å². The number of carboxylic acid groups (broad SMARTS) is 1. The van der Waals surface area contributed by atoms with Crippen LogP contribution in [-0.2, 0) is 4.79 Å². The van der Waals surface area contributed by atoms with Crippen LogP contribution in [0.1, 0.15) is 24.0 Å². The highest BCUT2D eigenvalue weighted by molar-refractivity contribution is 7.99. The molecule has 3 nitrogen and oxygen atoms in total. The first-order chi connectivity index (χ1) is 9.08. The second kappa shape index (κ2) is 6.44. The molecule has 104 valence electrons. The second-order valence-corrected chi connectivity index (χ2v) is 6.30. The van der Waals surface area contributed by atoms with Gasteiger partial charge in [-0.3, -0.25) is 9.69 Å². The van der Waals surface area contributed by atoms with Crippen molar-refractivity contribution in [3.63, 3.8) is 0 Å². The van der Waals surface area contributed by atoms with E-state index in [9.17, 15) is 4.79 Å². The fourth-order valence-corrected chi connectivity index (χ4v) is 3.44. The van der Waals surface area contributed by atoms with Gasteiger partial charge < -0.3 is 5.11 Å². The maximum Gasteiger partial charge on any atom is 0.320 e. The standard InChI is InChI=1S/C15H21NO2S/c1-11-5-6-13(10-12(11)2)19-9-8-16-7-3-4-14(16)15(17)18/h5-6,10,14H,3-4,7-9H2,1-2H3,(H,17,18)/t14-/m1/s1. The van der Waals surface area contributed by atoms with E-state index < -0.39 is 5.97 Å². The van der Waals surface area contributed by atoms with E-state index in [1.807, 2.05) is 11.8 Å². The molecule has 1 aromatic carbocycles. The van der Waals surface area contributed by atoms with Gasteiger partial charge in [-0.15, -0.1) is 11.8 Å². The zero-order chi connectivity index (χ0) is 13.8. The monoisotopic (exact) mass is 279 g/mol. The molecule has 0 aromatic heterocycles. The zero-order valence-corrected chi connectivity index (χ0v) is 12.4. The highest BCUT2D eigenvalue weighted by atomic mass is 32.2. The molecule has 1 atom stereocenters. The maximum atomic E-state index is 11.1. The number of hydrogen-bond acceptors (Lipinski definition) is 3. The molecule has 1 saturated heterocycles. The van der Waals surface area contributed by atoms with Gasteiger partial charge in [0.15, 0.2) is 0 Å². The minimum atomic E-state index is -0.673. The Morgan fingerprint density at radius 2 is 2.21 bits per heavy atom. The van der Waals surface area contributed by atoms with Gasteiger partial charge in [0.1, 0.15) is 6.04 Å². The first kappa shape index (κ1) is 14.4. The smallest absolute Gasteiger partial charge is 0.320 e. The highest BCUT2D eigenvalue weighted by Crippen LogP contribution is 2.23. The minimum Gasteiger partial charge on any atom is -0.480 e. The van der Waals surface area contributed by atoms with Gasteiger partial charge >= 0.3 is 5.97 Å². The number of hydrogen-bond donors (Lipinski definition) is 1. The molecule has 1 aliphatic rings. The summed E-state index contributed by atoms with van der Waals surface area (Å²) < 4.78 is 0. The molecule has 2 rings (SSSR count). The number of rotatable bonds is 5. The Morgan fingerprint density at radius 3 is 2.89 bits per heavy atom. The normalized spacial score (nSPS) is 19.8.